The van der Waals surface area contributed by atoms with E-state index >= 15 is 0 Å². The van der Waals surface area contributed by atoms with E-state index in [4.69, 9.17) is 30.5 Å². The van der Waals surface area contributed by atoms with Crippen molar-refractivity contribution in [1.82, 2.24) is 19.9 Å². The van der Waals surface area contributed by atoms with Crippen LogP contribution in [-0.2, 0) is 32.2 Å². The molecule has 0 fully saturated rings. The van der Waals surface area contributed by atoms with Crippen LogP contribution in [0, 0.1) is 0 Å². The third-order valence-corrected chi connectivity index (χ3v) is 7.52. The highest BCUT2D eigenvalue weighted by molar-refractivity contribution is 6.76. The number of pyridine rings is 2. The van der Waals surface area contributed by atoms with Crippen LogP contribution in [0.3, 0.4) is 0 Å². The van der Waals surface area contributed by atoms with Gasteiger partial charge in [-0.15, -0.1) is 0 Å². The summed E-state index contributed by atoms with van der Waals surface area (Å²) in [5, 5.41) is 14.0. The van der Waals surface area contributed by atoms with Gasteiger partial charge < -0.3 is 28.6 Å². The molecule has 3 aromatic rings. The number of fused-ring (bicyclic) bond motifs is 1. The first-order valence-corrected chi connectivity index (χ1v) is 16.9. The summed E-state index contributed by atoms with van der Waals surface area (Å²) >= 11 is 6.31. The van der Waals surface area contributed by atoms with Crippen LogP contribution >= 0.6 is 11.6 Å². The minimum atomic E-state index is -1.35. The maximum atomic E-state index is 12.3. The summed E-state index contributed by atoms with van der Waals surface area (Å²) in [5.41, 5.74) is 0.651. The van der Waals surface area contributed by atoms with E-state index in [-0.39, 0.29) is 6.42 Å². The minimum Gasteiger partial charge on any atom is -0.468 e. The number of nitrogens with one attached hydrogen (secondary N) is 1. The molecule has 0 aliphatic heterocycles. The summed E-state index contributed by atoms with van der Waals surface area (Å²) in [4.78, 5) is 21.2. The van der Waals surface area contributed by atoms with Crippen molar-refractivity contribution < 1.29 is 28.8 Å². The molecule has 3 heterocycles. The fourth-order valence-electron chi connectivity index (χ4n) is 3.65. The number of carbonyl (C=O) groups excluding carboxylic acids is 1. The molecule has 0 aliphatic rings. The molecule has 2 atom stereocenters. The first-order valence-electron chi connectivity index (χ1n) is 12.8. The van der Waals surface area contributed by atoms with E-state index < -0.39 is 32.1 Å². The number of hydrogen-bond donors (Lipinski definition) is 2. The Hall–Kier alpha value is -2.54. The molecule has 214 valence electrons. The molecule has 0 aliphatic carbocycles. The van der Waals surface area contributed by atoms with Crippen LogP contribution in [0.15, 0.2) is 36.7 Å². The van der Waals surface area contributed by atoms with Crippen molar-refractivity contribution >= 4 is 36.7 Å². The molecule has 0 aromatic carbocycles. The van der Waals surface area contributed by atoms with E-state index in [0.717, 1.165) is 11.4 Å². The lowest BCUT2D eigenvalue weighted by Gasteiger charge is -2.27. The third kappa shape index (κ3) is 9.86. The van der Waals surface area contributed by atoms with Crippen molar-refractivity contribution in [3.05, 3.63) is 47.5 Å². The Morgan fingerprint density at radius 1 is 1.23 bits per heavy atom. The lowest BCUT2D eigenvalue weighted by Crippen LogP contribution is -2.48. The van der Waals surface area contributed by atoms with Gasteiger partial charge in [0.25, 0.3) is 0 Å². The number of hydrogen-bond acceptors (Lipinski definition) is 9. The highest BCUT2D eigenvalue weighted by Gasteiger charge is 2.26. The predicted molar refractivity (Wildman–Crippen MR) is 153 cm³/mol. The summed E-state index contributed by atoms with van der Waals surface area (Å²) < 4.78 is 24.2. The average molecular weight is 579 g/mol. The highest BCUT2D eigenvalue weighted by atomic mass is 35.5. The number of aliphatic hydroxyl groups excluding tert-OH is 1. The SMILES string of the molecule is COC(=O)[C@H](Cc1ccc(Oc2cc(Cl)nc3c2ccn3COCC[Si](C)(C)C)cn1)NC(O)OC(C)(C)C. The van der Waals surface area contributed by atoms with Gasteiger partial charge in [-0.2, -0.15) is 0 Å². The van der Waals surface area contributed by atoms with Crippen molar-refractivity contribution in [3.8, 4) is 11.5 Å². The number of aromatic nitrogens is 3. The Kier molecular flexibility index (Phi) is 10.5. The lowest BCUT2D eigenvalue weighted by molar-refractivity contribution is -0.189. The molecule has 0 saturated carbocycles. The summed E-state index contributed by atoms with van der Waals surface area (Å²) in [6.45, 7) is 13.4. The van der Waals surface area contributed by atoms with E-state index in [2.05, 4.69) is 34.9 Å². The van der Waals surface area contributed by atoms with Gasteiger partial charge in [-0.25, -0.2) is 4.98 Å². The van der Waals surface area contributed by atoms with Crippen LogP contribution in [0.2, 0.25) is 30.8 Å². The second-order valence-electron chi connectivity index (χ2n) is 11.4. The molecule has 2 N–H and O–H groups in total. The van der Waals surface area contributed by atoms with Crippen LogP contribution in [-0.4, -0.2) is 65.5 Å². The van der Waals surface area contributed by atoms with Crippen molar-refractivity contribution in [1.29, 1.82) is 0 Å². The molecule has 1 unspecified atom stereocenters. The van der Waals surface area contributed by atoms with Crippen LogP contribution in [0.25, 0.3) is 11.0 Å². The average Bonchev–Trinajstić information content (AvgIpc) is 3.23. The third-order valence-electron chi connectivity index (χ3n) is 5.62. The number of nitrogens with zero attached hydrogens (tertiary/aromatic N) is 3. The Balaban J connectivity index is 1.69. The summed E-state index contributed by atoms with van der Waals surface area (Å²) in [5.74, 6) is 0.480. The molecule has 0 radical (unpaired) electrons. The fourth-order valence-corrected chi connectivity index (χ4v) is 4.59. The van der Waals surface area contributed by atoms with Gasteiger partial charge in [-0.3, -0.25) is 15.1 Å². The molecule has 0 saturated heterocycles. The van der Waals surface area contributed by atoms with Gasteiger partial charge in [-0.05, 0) is 45.0 Å². The molecule has 12 heteroatoms. The molecule has 0 amide bonds. The van der Waals surface area contributed by atoms with Gasteiger partial charge in [0.1, 0.15) is 35.1 Å². The van der Waals surface area contributed by atoms with Crippen molar-refractivity contribution in [2.45, 2.75) is 77.7 Å². The van der Waals surface area contributed by atoms with E-state index in [0.29, 0.717) is 41.3 Å². The van der Waals surface area contributed by atoms with Gasteiger partial charge in [-0.1, -0.05) is 31.2 Å². The molecule has 3 rings (SSSR count). The number of aliphatic hydroxyl groups is 1. The second-order valence-corrected chi connectivity index (χ2v) is 17.4. The summed E-state index contributed by atoms with van der Waals surface area (Å²) in [7, 11) is 0.112. The Morgan fingerprint density at radius 3 is 2.59 bits per heavy atom. The lowest BCUT2D eigenvalue weighted by atomic mass is 10.1. The summed E-state index contributed by atoms with van der Waals surface area (Å²) in [6, 6.07) is 7.27. The zero-order valence-electron chi connectivity index (χ0n) is 23.7. The van der Waals surface area contributed by atoms with E-state index in [1.165, 1.54) is 7.11 Å². The number of rotatable bonds is 13. The maximum Gasteiger partial charge on any atom is 0.323 e. The first kappa shape index (κ1) is 31.0. The van der Waals surface area contributed by atoms with Crippen molar-refractivity contribution in [3.63, 3.8) is 0 Å². The zero-order chi connectivity index (χ0) is 28.8. The van der Waals surface area contributed by atoms with E-state index in [1.807, 2.05) is 16.8 Å². The van der Waals surface area contributed by atoms with Gasteiger partial charge >= 0.3 is 5.97 Å². The highest BCUT2D eigenvalue weighted by Crippen LogP contribution is 2.32. The van der Waals surface area contributed by atoms with Crippen LogP contribution in [0.4, 0.5) is 0 Å². The Labute approximate surface area is 235 Å². The molecule has 0 bridgehead atoms. The van der Waals surface area contributed by atoms with E-state index in [1.54, 1.807) is 45.2 Å². The number of halogens is 1. The molecule has 3 aromatic heterocycles. The maximum absolute atomic E-state index is 12.3. The Bertz CT molecular complexity index is 1240. The summed E-state index contributed by atoms with van der Waals surface area (Å²) in [6.07, 6.45) is 2.27. The van der Waals surface area contributed by atoms with E-state index in [9.17, 15) is 9.90 Å². The minimum absolute atomic E-state index is 0.170. The second kappa shape index (κ2) is 13.2. The normalized spacial score (nSPS) is 13.9. The first-order chi connectivity index (χ1) is 18.2. The van der Waals surface area contributed by atoms with Crippen molar-refractivity contribution in [2.24, 2.45) is 0 Å². The molecular formula is C27H39ClN4O6Si. The van der Waals surface area contributed by atoms with Gasteiger partial charge in [0, 0.05) is 39.1 Å². The zero-order valence-corrected chi connectivity index (χ0v) is 25.4. The largest absolute Gasteiger partial charge is 0.468 e. The monoisotopic (exact) mass is 578 g/mol. The standard InChI is InChI=1S/C27H39ClN4O6Si/c1-27(2,3)38-26(34)30-21(25(33)35-4)14-18-8-9-19(16-29-18)37-22-15-23(28)31-24-20(22)10-11-32(24)17-36-12-13-39(5,6)7/h8-11,15-16,21,26,30,34H,12-14,17H2,1-7H3/t21-,26?/m0/s1. The number of carbonyl (C=O) groups is 1. The molecule has 39 heavy (non-hydrogen) atoms. The van der Waals surface area contributed by atoms with Crippen LogP contribution < -0.4 is 10.1 Å². The van der Waals surface area contributed by atoms with Gasteiger partial charge in [0.15, 0.2) is 0 Å². The molecular weight excluding hydrogens is 540 g/mol. The molecule has 10 nitrogen and oxygen atoms in total. The topological polar surface area (TPSA) is 117 Å². The quantitative estimate of drug-likeness (QED) is 0.0954. The van der Waals surface area contributed by atoms with Crippen LogP contribution in [0.1, 0.15) is 26.5 Å². The smallest absolute Gasteiger partial charge is 0.323 e. The van der Waals surface area contributed by atoms with Crippen molar-refractivity contribution in [2.75, 3.05) is 13.7 Å². The number of ether oxygens (including phenoxy) is 4. The molecule has 0 spiro atoms. The number of methoxy groups -OCH3 is 1. The van der Waals surface area contributed by atoms with Gasteiger partial charge in [0.2, 0.25) is 6.41 Å². The van der Waals surface area contributed by atoms with Crippen LogP contribution in [0.5, 0.6) is 11.5 Å². The fraction of sp³-hybridized carbons (Fsp3) is 0.519. The van der Waals surface area contributed by atoms with Gasteiger partial charge in [0.05, 0.1) is 24.3 Å². The Morgan fingerprint density at radius 2 is 1.97 bits per heavy atom. The predicted octanol–water partition coefficient (Wildman–Crippen LogP) is 4.95. The number of esters is 1.